The molecule has 33 heavy (non-hydrogen) atoms. The van der Waals surface area contributed by atoms with E-state index in [4.69, 9.17) is 15.5 Å². The van der Waals surface area contributed by atoms with E-state index >= 15 is 0 Å². The van der Waals surface area contributed by atoms with Gasteiger partial charge >= 0.3 is 0 Å². The van der Waals surface area contributed by atoms with Gasteiger partial charge in [-0.25, -0.2) is 23.1 Å². The van der Waals surface area contributed by atoms with Crippen molar-refractivity contribution in [3.8, 4) is 22.5 Å². The Morgan fingerprint density at radius 3 is 2.67 bits per heavy atom. The van der Waals surface area contributed by atoms with Gasteiger partial charge in [-0.1, -0.05) is 6.07 Å². The lowest BCUT2D eigenvalue weighted by molar-refractivity contribution is 0.0390. The zero-order chi connectivity index (χ0) is 23.4. The minimum atomic E-state index is -3.67. The highest BCUT2D eigenvalue weighted by molar-refractivity contribution is 7.89. The first-order chi connectivity index (χ1) is 15.8. The Hall–Kier alpha value is -2.92. The molecule has 1 fully saturated rings. The number of aromatic nitrogens is 3. The smallest absolute Gasteiger partial charge is 0.240 e. The van der Waals surface area contributed by atoms with Crippen LogP contribution in [0.2, 0.25) is 0 Å². The maximum atomic E-state index is 12.9. The number of nitrogens with zero attached hydrogens (tertiary/aromatic N) is 4. The second-order valence-corrected chi connectivity index (χ2v) is 9.77. The molecule has 0 radical (unpaired) electrons. The Bertz CT molecular complexity index is 1240. The van der Waals surface area contributed by atoms with Crippen molar-refractivity contribution in [1.29, 1.82) is 0 Å². The van der Waals surface area contributed by atoms with Gasteiger partial charge in [-0.05, 0) is 43.7 Å². The standard InChI is InChI=1S/C23H28N6O3S/c1-16-3-4-19(33(30,31)27-7-8-29-9-11-32-12-10-29)14-20(16)21-15-26-23(24)22(28-21)18-5-6-25-17(2)13-18/h3-6,13-15,27H,7-12H2,1-2H3,(H2,24,26). The molecule has 10 heteroatoms. The van der Waals surface area contributed by atoms with E-state index in [2.05, 4.69) is 19.6 Å². The minimum Gasteiger partial charge on any atom is -0.382 e. The Morgan fingerprint density at radius 2 is 1.91 bits per heavy atom. The number of nitrogen functional groups attached to an aromatic ring is 1. The largest absolute Gasteiger partial charge is 0.382 e. The van der Waals surface area contributed by atoms with Crippen molar-refractivity contribution >= 4 is 15.8 Å². The van der Waals surface area contributed by atoms with E-state index < -0.39 is 10.0 Å². The number of rotatable bonds is 7. The molecule has 1 saturated heterocycles. The molecule has 9 nitrogen and oxygen atoms in total. The molecule has 0 bridgehead atoms. The van der Waals surface area contributed by atoms with Crippen LogP contribution in [0.15, 0.2) is 47.6 Å². The van der Waals surface area contributed by atoms with Crippen molar-refractivity contribution in [2.24, 2.45) is 0 Å². The first-order valence-corrected chi connectivity index (χ1v) is 12.3. The number of hydrogen-bond acceptors (Lipinski definition) is 8. The molecule has 0 atom stereocenters. The van der Waals surface area contributed by atoms with Crippen LogP contribution < -0.4 is 10.5 Å². The van der Waals surface area contributed by atoms with Gasteiger partial charge in [0.05, 0.1) is 30.0 Å². The fourth-order valence-electron chi connectivity index (χ4n) is 3.72. The molecule has 3 N–H and O–H groups in total. The molecule has 1 aromatic carbocycles. The summed E-state index contributed by atoms with van der Waals surface area (Å²) < 4.78 is 33.9. The number of pyridine rings is 1. The number of benzene rings is 1. The fourth-order valence-corrected chi connectivity index (χ4v) is 4.77. The van der Waals surface area contributed by atoms with Crippen LogP contribution in [-0.2, 0) is 14.8 Å². The molecular weight excluding hydrogens is 440 g/mol. The van der Waals surface area contributed by atoms with Gasteiger partial charge in [0.2, 0.25) is 10.0 Å². The van der Waals surface area contributed by atoms with E-state index in [9.17, 15) is 8.42 Å². The summed E-state index contributed by atoms with van der Waals surface area (Å²) in [6.45, 7) is 7.75. The molecule has 1 aliphatic heterocycles. The van der Waals surface area contributed by atoms with Gasteiger partial charge < -0.3 is 10.5 Å². The maximum absolute atomic E-state index is 12.9. The number of nitrogens with two attached hydrogens (primary N) is 1. The molecule has 3 aromatic rings. The molecule has 0 spiro atoms. The Balaban J connectivity index is 1.59. The van der Waals surface area contributed by atoms with Gasteiger partial charge in [0.1, 0.15) is 11.5 Å². The van der Waals surface area contributed by atoms with Gasteiger partial charge in [0.15, 0.2) is 0 Å². The average molecular weight is 469 g/mol. The third kappa shape index (κ3) is 5.53. The third-order valence-electron chi connectivity index (χ3n) is 5.59. The monoisotopic (exact) mass is 468 g/mol. The van der Waals surface area contributed by atoms with Crippen LogP contribution >= 0.6 is 0 Å². The van der Waals surface area contributed by atoms with Gasteiger partial charge in [-0.2, -0.15) is 0 Å². The van der Waals surface area contributed by atoms with Crippen molar-refractivity contribution in [3.05, 3.63) is 54.0 Å². The highest BCUT2D eigenvalue weighted by Crippen LogP contribution is 2.29. The summed E-state index contributed by atoms with van der Waals surface area (Å²) in [6.07, 6.45) is 3.26. The molecule has 0 saturated carbocycles. The van der Waals surface area contributed by atoms with Crippen molar-refractivity contribution in [3.63, 3.8) is 0 Å². The van der Waals surface area contributed by atoms with Crippen molar-refractivity contribution in [1.82, 2.24) is 24.6 Å². The average Bonchev–Trinajstić information content (AvgIpc) is 2.80. The van der Waals surface area contributed by atoms with Crippen molar-refractivity contribution in [2.45, 2.75) is 18.7 Å². The van der Waals surface area contributed by atoms with E-state index in [-0.39, 0.29) is 4.90 Å². The van der Waals surface area contributed by atoms with Crippen LogP contribution in [0.25, 0.3) is 22.5 Å². The molecule has 0 aliphatic carbocycles. The summed E-state index contributed by atoms with van der Waals surface area (Å²) in [4.78, 5) is 15.6. The van der Waals surface area contributed by atoms with Gasteiger partial charge in [0, 0.05) is 49.2 Å². The SMILES string of the molecule is Cc1cc(-c2nc(-c3cc(S(=O)(=O)NCCN4CCOCC4)ccc3C)cnc2N)ccn1. The lowest BCUT2D eigenvalue weighted by atomic mass is 10.1. The lowest BCUT2D eigenvalue weighted by Gasteiger charge is -2.26. The van der Waals surface area contributed by atoms with Crippen LogP contribution in [0.3, 0.4) is 0 Å². The number of nitrogens with one attached hydrogen (secondary N) is 1. The first kappa shape index (κ1) is 23.2. The summed E-state index contributed by atoms with van der Waals surface area (Å²) in [7, 11) is -3.67. The summed E-state index contributed by atoms with van der Waals surface area (Å²) >= 11 is 0. The van der Waals surface area contributed by atoms with Gasteiger partial charge in [0.25, 0.3) is 0 Å². The van der Waals surface area contributed by atoms with E-state index in [1.54, 1.807) is 30.6 Å². The van der Waals surface area contributed by atoms with Crippen LogP contribution in [0.1, 0.15) is 11.3 Å². The Morgan fingerprint density at radius 1 is 1.12 bits per heavy atom. The molecule has 4 rings (SSSR count). The van der Waals surface area contributed by atoms with Crippen LogP contribution in [-0.4, -0.2) is 67.7 Å². The van der Waals surface area contributed by atoms with E-state index in [0.29, 0.717) is 49.1 Å². The number of sulfonamides is 1. The second kappa shape index (κ2) is 9.92. The highest BCUT2D eigenvalue weighted by atomic mass is 32.2. The summed E-state index contributed by atoms with van der Waals surface area (Å²) in [5.74, 6) is 0.301. The molecule has 3 heterocycles. The number of ether oxygens (including phenoxy) is 1. The second-order valence-electron chi connectivity index (χ2n) is 8.00. The Kier molecular flexibility index (Phi) is 6.99. The lowest BCUT2D eigenvalue weighted by Crippen LogP contribution is -2.41. The number of aryl methyl sites for hydroxylation is 2. The van der Waals surface area contributed by atoms with Crippen LogP contribution in [0.4, 0.5) is 5.82 Å². The topological polar surface area (TPSA) is 123 Å². The predicted octanol–water partition coefficient (Wildman–Crippen LogP) is 2.02. The zero-order valence-electron chi connectivity index (χ0n) is 18.8. The third-order valence-corrected chi connectivity index (χ3v) is 7.05. The predicted molar refractivity (Wildman–Crippen MR) is 127 cm³/mol. The molecule has 2 aromatic heterocycles. The number of anilines is 1. The van der Waals surface area contributed by atoms with E-state index in [1.807, 2.05) is 26.0 Å². The van der Waals surface area contributed by atoms with Gasteiger partial charge in [-0.15, -0.1) is 0 Å². The Labute approximate surface area is 194 Å². The van der Waals surface area contributed by atoms with E-state index in [1.165, 1.54) is 0 Å². The zero-order valence-corrected chi connectivity index (χ0v) is 19.6. The molecule has 1 aliphatic rings. The first-order valence-electron chi connectivity index (χ1n) is 10.8. The molecule has 0 amide bonds. The summed E-state index contributed by atoms with van der Waals surface area (Å²) in [5, 5.41) is 0. The van der Waals surface area contributed by atoms with Crippen molar-refractivity contribution in [2.75, 3.05) is 45.1 Å². The van der Waals surface area contributed by atoms with Crippen LogP contribution in [0, 0.1) is 13.8 Å². The molecular formula is C23H28N6O3S. The number of hydrogen-bond donors (Lipinski definition) is 2. The number of morpholine rings is 1. The molecule has 0 unspecified atom stereocenters. The normalized spacial score (nSPS) is 15.0. The fraction of sp³-hybridized carbons (Fsp3) is 0.348. The van der Waals surface area contributed by atoms with Gasteiger partial charge in [-0.3, -0.25) is 9.88 Å². The quantitative estimate of drug-likeness (QED) is 0.540. The van der Waals surface area contributed by atoms with E-state index in [0.717, 1.165) is 29.9 Å². The molecule has 174 valence electrons. The van der Waals surface area contributed by atoms with Crippen molar-refractivity contribution < 1.29 is 13.2 Å². The highest BCUT2D eigenvalue weighted by Gasteiger charge is 2.18. The minimum absolute atomic E-state index is 0.185. The summed E-state index contributed by atoms with van der Waals surface area (Å²) in [5.41, 5.74) is 10.4. The maximum Gasteiger partial charge on any atom is 0.240 e. The van der Waals surface area contributed by atoms with Crippen LogP contribution in [0.5, 0.6) is 0 Å². The summed E-state index contributed by atoms with van der Waals surface area (Å²) in [6, 6.07) is 8.72.